The molecule has 15 heavy (non-hydrogen) atoms. The molecule has 1 aromatic heterocycles. The first-order valence-electron chi connectivity index (χ1n) is 4.23. The Morgan fingerprint density at radius 2 is 2.47 bits per heavy atom. The molecular weight excluding hydrogens is 216 g/mol. The highest BCUT2D eigenvalue weighted by atomic mass is 35.5. The summed E-state index contributed by atoms with van der Waals surface area (Å²) >= 11 is 5.60. The predicted octanol–water partition coefficient (Wildman–Crippen LogP) is 1.23. The average molecular weight is 225 g/mol. The normalized spacial score (nSPS) is 8.93. The van der Waals surface area contributed by atoms with Gasteiger partial charge in [0.2, 0.25) is 0 Å². The first kappa shape index (κ1) is 11.3. The van der Waals surface area contributed by atoms with Crippen molar-refractivity contribution < 1.29 is 9.53 Å². The van der Waals surface area contributed by atoms with Gasteiger partial charge in [-0.1, -0.05) is 17.5 Å². The third kappa shape index (κ3) is 3.49. The van der Waals surface area contributed by atoms with Gasteiger partial charge in [0.15, 0.2) is 0 Å². The summed E-state index contributed by atoms with van der Waals surface area (Å²) < 4.78 is 4.63. The van der Waals surface area contributed by atoms with Gasteiger partial charge >= 0.3 is 5.97 Å². The fourth-order valence-electron chi connectivity index (χ4n) is 0.834. The number of nitrogens with zero attached hydrogens (tertiary/aromatic N) is 1. The fourth-order valence-corrected chi connectivity index (χ4v) is 1.00. The highest BCUT2D eigenvalue weighted by molar-refractivity contribution is 6.29. The lowest BCUT2D eigenvalue weighted by molar-refractivity contribution is -0.136. The summed E-state index contributed by atoms with van der Waals surface area (Å²) in [6, 6.07) is 1.47. The van der Waals surface area contributed by atoms with Crippen molar-refractivity contribution in [2.75, 3.05) is 12.3 Å². The van der Waals surface area contributed by atoms with Crippen LogP contribution < -0.4 is 5.73 Å². The number of pyridine rings is 1. The molecule has 0 radical (unpaired) electrons. The van der Waals surface area contributed by atoms with Gasteiger partial charge in [-0.25, -0.2) is 9.78 Å². The first-order valence-corrected chi connectivity index (χ1v) is 4.61. The Hall–Kier alpha value is -1.73. The van der Waals surface area contributed by atoms with Crippen molar-refractivity contribution >= 4 is 23.3 Å². The van der Waals surface area contributed by atoms with Gasteiger partial charge in [0, 0.05) is 12.1 Å². The van der Waals surface area contributed by atoms with E-state index in [-0.39, 0.29) is 5.15 Å². The Labute approximate surface area is 92.4 Å². The molecule has 0 aliphatic heterocycles. The van der Waals surface area contributed by atoms with Crippen LogP contribution in [0.3, 0.4) is 0 Å². The van der Waals surface area contributed by atoms with E-state index >= 15 is 0 Å². The van der Waals surface area contributed by atoms with E-state index in [2.05, 4.69) is 21.6 Å². The van der Waals surface area contributed by atoms with Crippen LogP contribution in [0.2, 0.25) is 5.15 Å². The molecule has 0 amide bonds. The molecule has 0 atom stereocenters. The maximum atomic E-state index is 10.9. The monoisotopic (exact) mass is 224 g/mol. The Morgan fingerprint density at radius 1 is 1.73 bits per heavy atom. The summed E-state index contributed by atoms with van der Waals surface area (Å²) in [4.78, 5) is 14.7. The molecule has 0 aliphatic rings. The van der Waals surface area contributed by atoms with Crippen LogP contribution >= 0.6 is 11.6 Å². The van der Waals surface area contributed by atoms with Crippen LogP contribution in [-0.2, 0) is 9.53 Å². The van der Waals surface area contributed by atoms with E-state index in [1.807, 2.05) is 0 Å². The number of esters is 1. The van der Waals surface area contributed by atoms with Crippen molar-refractivity contribution in [3.63, 3.8) is 0 Å². The SMILES string of the molecule is CCOC(=O)C#Cc1cnc(Cl)cc1N. The van der Waals surface area contributed by atoms with E-state index in [4.69, 9.17) is 17.3 Å². The average Bonchev–Trinajstić information content (AvgIpc) is 2.17. The number of anilines is 1. The molecule has 2 N–H and O–H groups in total. The Bertz CT molecular complexity index is 435. The van der Waals surface area contributed by atoms with Crippen LogP contribution in [0.25, 0.3) is 0 Å². The first-order chi connectivity index (χ1) is 7.13. The number of hydrogen-bond acceptors (Lipinski definition) is 4. The quantitative estimate of drug-likeness (QED) is 0.443. The lowest BCUT2D eigenvalue weighted by Gasteiger charge is -1.96. The fraction of sp³-hybridized carbons (Fsp3) is 0.200. The molecule has 0 saturated carbocycles. The minimum Gasteiger partial charge on any atom is -0.456 e. The van der Waals surface area contributed by atoms with Crippen molar-refractivity contribution in [1.82, 2.24) is 4.98 Å². The molecule has 0 saturated heterocycles. The highest BCUT2D eigenvalue weighted by Gasteiger charge is 1.98. The minimum absolute atomic E-state index is 0.286. The number of aromatic nitrogens is 1. The van der Waals surface area contributed by atoms with E-state index in [0.29, 0.717) is 17.9 Å². The van der Waals surface area contributed by atoms with E-state index in [9.17, 15) is 4.79 Å². The summed E-state index contributed by atoms with van der Waals surface area (Å²) in [7, 11) is 0. The predicted molar refractivity (Wildman–Crippen MR) is 57.2 cm³/mol. The van der Waals surface area contributed by atoms with Gasteiger partial charge in [-0.3, -0.25) is 0 Å². The summed E-state index contributed by atoms with van der Waals surface area (Å²) in [5.41, 5.74) is 6.44. The van der Waals surface area contributed by atoms with Gasteiger partial charge in [0.25, 0.3) is 0 Å². The van der Waals surface area contributed by atoms with Crippen LogP contribution in [0.15, 0.2) is 12.3 Å². The summed E-state index contributed by atoms with van der Waals surface area (Å²) in [6.45, 7) is 2.00. The molecule has 0 aliphatic carbocycles. The molecule has 1 heterocycles. The maximum Gasteiger partial charge on any atom is 0.384 e. The lowest BCUT2D eigenvalue weighted by atomic mass is 10.2. The van der Waals surface area contributed by atoms with Gasteiger partial charge in [-0.2, -0.15) is 0 Å². The van der Waals surface area contributed by atoms with Crippen molar-refractivity contribution in [1.29, 1.82) is 0 Å². The second kappa shape index (κ2) is 5.23. The molecule has 0 fully saturated rings. The molecule has 0 unspecified atom stereocenters. The van der Waals surface area contributed by atoms with Crippen LogP contribution in [-0.4, -0.2) is 17.6 Å². The van der Waals surface area contributed by atoms with E-state index < -0.39 is 5.97 Å². The van der Waals surface area contributed by atoms with E-state index in [1.165, 1.54) is 12.3 Å². The second-order valence-corrected chi connectivity index (χ2v) is 2.95. The Kier molecular flexibility index (Phi) is 3.95. The van der Waals surface area contributed by atoms with Gasteiger partial charge in [-0.15, -0.1) is 0 Å². The molecule has 1 rings (SSSR count). The number of nitrogens with two attached hydrogens (primary N) is 1. The number of nitrogen functional groups attached to an aromatic ring is 1. The molecule has 1 aromatic rings. The number of rotatable bonds is 1. The summed E-state index contributed by atoms with van der Waals surface area (Å²) in [5, 5.41) is 0.286. The molecule has 5 heteroatoms. The van der Waals surface area contributed by atoms with E-state index in [0.717, 1.165) is 0 Å². The van der Waals surface area contributed by atoms with Gasteiger partial charge in [-0.05, 0) is 13.0 Å². The van der Waals surface area contributed by atoms with Crippen molar-refractivity contribution in [2.24, 2.45) is 0 Å². The van der Waals surface area contributed by atoms with Gasteiger partial charge in [0.1, 0.15) is 5.15 Å². The van der Waals surface area contributed by atoms with E-state index in [1.54, 1.807) is 6.92 Å². The number of ether oxygens (including phenoxy) is 1. The second-order valence-electron chi connectivity index (χ2n) is 2.56. The minimum atomic E-state index is -0.591. The zero-order valence-corrected chi connectivity index (χ0v) is 8.84. The van der Waals surface area contributed by atoms with Crippen LogP contribution in [0.4, 0.5) is 5.69 Å². The van der Waals surface area contributed by atoms with Gasteiger partial charge in [0.05, 0.1) is 17.9 Å². The molecule has 0 bridgehead atoms. The molecule has 0 spiro atoms. The van der Waals surface area contributed by atoms with Crippen LogP contribution in [0.5, 0.6) is 0 Å². The molecule has 0 aromatic carbocycles. The van der Waals surface area contributed by atoms with Crippen molar-refractivity contribution in [3.8, 4) is 11.8 Å². The topological polar surface area (TPSA) is 65.2 Å². The Morgan fingerprint density at radius 3 is 3.07 bits per heavy atom. The number of carbonyl (C=O) groups is 1. The third-order valence-corrected chi connectivity index (χ3v) is 1.68. The zero-order chi connectivity index (χ0) is 11.3. The number of carbonyl (C=O) groups excluding carboxylic acids is 1. The molecule has 78 valence electrons. The highest BCUT2D eigenvalue weighted by Crippen LogP contribution is 2.13. The standard InChI is InChI=1S/C10H9ClN2O2/c1-2-15-10(14)4-3-7-6-13-9(11)5-8(7)12/h5-6H,2H2,1H3,(H2,12,13). The smallest absolute Gasteiger partial charge is 0.384 e. The van der Waals surface area contributed by atoms with Crippen molar-refractivity contribution in [3.05, 3.63) is 23.0 Å². The van der Waals surface area contributed by atoms with Crippen LogP contribution in [0, 0.1) is 11.8 Å². The number of hydrogen-bond donors (Lipinski definition) is 1. The zero-order valence-electron chi connectivity index (χ0n) is 8.08. The molecule has 4 nitrogen and oxygen atoms in total. The largest absolute Gasteiger partial charge is 0.456 e. The summed E-state index contributed by atoms with van der Waals surface area (Å²) in [6.07, 6.45) is 1.41. The van der Waals surface area contributed by atoms with Gasteiger partial charge < -0.3 is 10.5 Å². The van der Waals surface area contributed by atoms with Crippen molar-refractivity contribution in [2.45, 2.75) is 6.92 Å². The third-order valence-electron chi connectivity index (χ3n) is 1.48. The molecular formula is C10H9ClN2O2. The lowest BCUT2D eigenvalue weighted by Crippen LogP contribution is -2.00. The Balaban J connectivity index is 2.84. The maximum absolute atomic E-state index is 10.9. The van der Waals surface area contributed by atoms with Crippen LogP contribution in [0.1, 0.15) is 12.5 Å². The summed E-state index contributed by atoms with van der Waals surface area (Å²) in [5.74, 6) is 4.25. The number of halogens is 1.